The Kier molecular flexibility index (Phi) is 3.81. The van der Waals surface area contributed by atoms with Crippen LogP contribution in [0.15, 0.2) is 12.3 Å². The molecule has 0 spiro atoms. The summed E-state index contributed by atoms with van der Waals surface area (Å²) in [7, 11) is 1.86. The maximum atomic E-state index is 12.4. The van der Waals surface area contributed by atoms with Crippen molar-refractivity contribution in [3.8, 4) is 0 Å². The van der Waals surface area contributed by atoms with Crippen LogP contribution in [0.2, 0.25) is 0 Å². The summed E-state index contributed by atoms with van der Waals surface area (Å²) in [5, 5.41) is 0. The minimum absolute atomic E-state index is 0.0117. The Hall–Kier alpha value is -1.62. The quantitative estimate of drug-likeness (QED) is 0.631. The molecule has 98 valence electrons. The molecule has 1 amide bonds. The molecule has 0 aliphatic heterocycles. The average molecular weight is 248 g/mol. The van der Waals surface area contributed by atoms with Crippen LogP contribution in [0, 0.1) is 6.92 Å². The second kappa shape index (κ2) is 5.35. The topological polar surface area (TPSA) is 71.2 Å². The molecule has 1 heterocycles. The molecule has 0 atom stereocenters. The van der Waals surface area contributed by atoms with Crippen molar-refractivity contribution < 1.29 is 4.79 Å². The molecule has 1 aromatic rings. The molecule has 0 unspecified atom stereocenters. The molecule has 0 aromatic carbocycles. The van der Waals surface area contributed by atoms with Gasteiger partial charge in [-0.2, -0.15) is 0 Å². The Morgan fingerprint density at radius 3 is 2.78 bits per heavy atom. The molecule has 1 aliphatic carbocycles. The summed E-state index contributed by atoms with van der Waals surface area (Å²) < 4.78 is 0. The van der Waals surface area contributed by atoms with Crippen LogP contribution in [0.1, 0.15) is 41.7 Å². The summed E-state index contributed by atoms with van der Waals surface area (Å²) >= 11 is 0. The predicted octanol–water partition coefficient (Wildman–Crippen LogP) is 1.69. The fourth-order valence-electron chi connectivity index (χ4n) is 2.50. The number of nitrogens with zero attached hydrogens (tertiary/aromatic N) is 2. The second-order valence-corrected chi connectivity index (χ2v) is 4.87. The minimum atomic E-state index is -0.0117. The largest absolute Gasteiger partial charge is 0.339 e. The third-order valence-corrected chi connectivity index (χ3v) is 3.62. The second-order valence-electron chi connectivity index (χ2n) is 4.87. The van der Waals surface area contributed by atoms with Crippen molar-refractivity contribution >= 4 is 11.6 Å². The van der Waals surface area contributed by atoms with E-state index < -0.39 is 0 Å². The van der Waals surface area contributed by atoms with Crippen LogP contribution >= 0.6 is 0 Å². The number of pyridine rings is 1. The van der Waals surface area contributed by atoms with Gasteiger partial charge >= 0.3 is 0 Å². The Balaban J connectivity index is 2.22. The summed E-state index contributed by atoms with van der Waals surface area (Å²) in [5.74, 6) is 5.45. The number of hydrogen-bond donors (Lipinski definition) is 2. The zero-order valence-electron chi connectivity index (χ0n) is 10.9. The summed E-state index contributed by atoms with van der Waals surface area (Å²) in [6.45, 7) is 1.87. The predicted molar refractivity (Wildman–Crippen MR) is 71.1 cm³/mol. The number of aromatic nitrogens is 1. The number of carbonyl (C=O) groups excluding carboxylic acids is 1. The van der Waals surface area contributed by atoms with Gasteiger partial charge in [0.2, 0.25) is 0 Å². The molecule has 3 N–H and O–H groups in total. The zero-order chi connectivity index (χ0) is 13.1. The number of nitrogen functional groups attached to an aromatic ring is 1. The first-order valence-electron chi connectivity index (χ1n) is 6.34. The van der Waals surface area contributed by atoms with Crippen LogP contribution in [0.4, 0.5) is 5.69 Å². The van der Waals surface area contributed by atoms with E-state index in [0.717, 1.165) is 18.5 Å². The van der Waals surface area contributed by atoms with Crippen molar-refractivity contribution in [2.45, 2.75) is 38.6 Å². The fraction of sp³-hybridized carbons (Fsp3) is 0.538. The lowest BCUT2D eigenvalue weighted by atomic mass is 10.1. The SMILES string of the molecule is Cc1cc(NN)c(C(=O)N(C)C2CCCC2)cn1. The van der Waals surface area contributed by atoms with Crippen molar-refractivity contribution in [1.82, 2.24) is 9.88 Å². The molecule has 18 heavy (non-hydrogen) atoms. The van der Waals surface area contributed by atoms with Crippen LogP contribution in [-0.2, 0) is 0 Å². The van der Waals surface area contributed by atoms with Crippen LogP contribution in [-0.4, -0.2) is 28.9 Å². The van der Waals surface area contributed by atoms with Gasteiger partial charge in [-0.3, -0.25) is 15.6 Å². The van der Waals surface area contributed by atoms with Crippen LogP contribution in [0.25, 0.3) is 0 Å². The third kappa shape index (κ3) is 2.46. The van der Waals surface area contributed by atoms with E-state index >= 15 is 0 Å². The molecule has 1 aliphatic rings. The first-order chi connectivity index (χ1) is 8.63. The smallest absolute Gasteiger partial charge is 0.257 e. The zero-order valence-corrected chi connectivity index (χ0v) is 10.9. The van der Waals surface area contributed by atoms with Crippen molar-refractivity contribution in [1.29, 1.82) is 0 Å². The van der Waals surface area contributed by atoms with Gasteiger partial charge in [0.15, 0.2) is 0 Å². The number of hydrazine groups is 1. The van der Waals surface area contributed by atoms with E-state index in [1.54, 1.807) is 12.3 Å². The van der Waals surface area contributed by atoms with Crippen molar-refractivity contribution in [2.75, 3.05) is 12.5 Å². The molecular weight excluding hydrogens is 228 g/mol. The molecule has 1 saturated carbocycles. The first-order valence-corrected chi connectivity index (χ1v) is 6.34. The number of nitrogens with one attached hydrogen (secondary N) is 1. The standard InChI is InChI=1S/C13H20N4O/c1-9-7-12(16-14)11(8-15-9)13(18)17(2)10-5-3-4-6-10/h7-8,10H,3-6,14H2,1-2H3,(H,15,16). The van der Waals surface area contributed by atoms with Gasteiger partial charge in [-0.15, -0.1) is 0 Å². The van der Waals surface area contributed by atoms with E-state index in [1.165, 1.54) is 12.8 Å². The highest BCUT2D eigenvalue weighted by Gasteiger charge is 2.25. The number of carbonyl (C=O) groups is 1. The Bertz CT molecular complexity index is 441. The van der Waals surface area contributed by atoms with Crippen molar-refractivity contribution in [2.24, 2.45) is 5.84 Å². The van der Waals surface area contributed by atoms with E-state index in [9.17, 15) is 4.79 Å². The lowest BCUT2D eigenvalue weighted by Crippen LogP contribution is -2.35. The van der Waals surface area contributed by atoms with Gasteiger partial charge in [-0.1, -0.05) is 12.8 Å². The molecule has 0 saturated heterocycles. The lowest BCUT2D eigenvalue weighted by molar-refractivity contribution is 0.0735. The van der Waals surface area contributed by atoms with Crippen molar-refractivity contribution in [3.63, 3.8) is 0 Å². The molecule has 0 radical (unpaired) electrons. The van der Waals surface area contributed by atoms with Crippen LogP contribution in [0.5, 0.6) is 0 Å². The molecule has 0 bridgehead atoms. The first kappa shape index (κ1) is 12.8. The summed E-state index contributed by atoms with van der Waals surface area (Å²) in [6, 6.07) is 2.14. The number of rotatable bonds is 3. The highest BCUT2D eigenvalue weighted by molar-refractivity contribution is 5.99. The van der Waals surface area contributed by atoms with Gasteiger partial charge in [0, 0.05) is 25.0 Å². The van der Waals surface area contributed by atoms with Gasteiger partial charge in [0.25, 0.3) is 5.91 Å². The van der Waals surface area contributed by atoms with Crippen LogP contribution in [0.3, 0.4) is 0 Å². The number of aryl methyl sites for hydroxylation is 1. The lowest BCUT2D eigenvalue weighted by Gasteiger charge is -2.25. The van der Waals surface area contributed by atoms with Gasteiger partial charge < -0.3 is 10.3 Å². The van der Waals surface area contributed by atoms with Gasteiger partial charge in [-0.25, -0.2) is 0 Å². The van der Waals surface area contributed by atoms with E-state index in [1.807, 2.05) is 18.9 Å². The average Bonchev–Trinajstić information content (AvgIpc) is 2.90. The van der Waals surface area contributed by atoms with Crippen molar-refractivity contribution in [3.05, 3.63) is 23.5 Å². The number of nitrogens with two attached hydrogens (primary N) is 1. The molecule has 1 aromatic heterocycles. The molecular formula is C13H20N4O. The number of hydrogen-bond acceptors (Lipinski definition) is 4. The molecule has 5 nitrogen and oxygen atoms in total. The Morgan fingerprint density at radius 1 is 1.50 bits per heavy atom. The van der Waals surface area contributed by atoms with Crippen LogP contribution < -0.4 is 11.3 Å². The number of anilines is 1. The highest BCUT2D eigenvalue weighted by atomic mass is 16.2. The summed E-state index contributed by atoms with van der Waals surface area (Å²) in [4.78, 5) is 18.4. The molecule has 1 fully saturated rings. The minimum Gasteiger partial charge on any atom is -0.339 e. The van der Waals surface area contributed by atoms with E-state index in [0.29, 0.717) is 17.3 Å². The summed E-state index contributed by atoms with van der Waals surface area (Å²) in [6.07, 6.45) is 6.19. The molecule has 5 heteroatoms. The number of amides is 1. The summed E-state index contributed by atoms with van der Waals surface area (Å²) in [5.41, 5.74) is 4.59. The van der Waals surface area contributed by atoms with E-state index in [2.05, 4.69) is 10.4 Å². The maximum Gasteiger partial charge on any atom is 0.257 e. The Morgan fingerprint density at radius 2 is 2.17 bits per heavy atom. The normalized spacial score (nSPS) is 15.7. The monoisotopic (exact) mass is 248 g/mol. The molecule has 2 rings (SSSR count). The highest BCUT2D eigenvalue weighted by Crippen LogP contribution is 2.25. The maximum absolute atomic E-state index is 12.4. The fourth-order valence-corrected chi connectivity index (χ4v) is 2.50. The van der Waals surface area contributed by atoms with E-state index in [-0.39, 0.29) is 5.91 Å². The Labute approximate surface area is 107 Å². The van der Waals surface area contributed by atoms with Gasteiger partial charge in [0.1, 0.15) is 0 Å². The third-order valence-electron chi connectivity index (χ3n) is 3.62. The van der Waals surface area contributed by atoms with Gasteiger partial charge in [-0.05, 0) is 25.8 Å². The van der Waals surface area contributed by atoms with E-state index in [4.69, 9.17) is 5.84 Å². The van der Waals surface area contributed by atoms with Gasteiger partial charge in [0.05, 0.1) is 11.3 Å².